The van der Waals surface area contributed by atoms with Crippen molar-refractivity contribution < 1.29 is 9.90 Å². The van der Waals surface area contributed by atoms with Gasteiger partial charge in [-0.15, -0.1) is 0 Å². The summed E-state index contributed by atoms with van der Waals surface area (Å²) in [5.74, 6) is -1.21. The Morgan fingerprint density at radius 3 is 2.36 bits per heavy atom. The van der Waals surface area contributed by atoms with Crippen molar-refractivity contribution in [2.45, 2.75) is 5.92 Å². The van der Waals surface area contributed by atoms with Gasteiger partial charge >= 0.3 is 5.97 Å². The Labute approximate surface area is 84.0 Å². The summed E-state index contributed by atoms with van der Waals surface area (Å²) in [7, 11) is 3.75. The first-order valence-electron chi connectivity index (χ1n) is 4.53. The van der Waals surface area contributed by atoms with Crippen molar-refractivity contribution in [3.05, 3.63) is 35.9 Å². The zero-order valence-electron chi connectivity index (χ0n) is 8.47. The lowest BCUT2D eigenvalue weighted by Crippen LogP contribution is -2.25. The fourth-order valence-electron chi connectivity index (χ4n) is 1.38. The lowest BCUT2D eigenvalue weighted by Gasteiger charge is -2.17. The third kappa shape index (κ3) is 2.85. The SMILES string of the molecule is CN(C)C[C@@H](C(=O)O)c1ccccc1. The van der Waals surface area contributed by atoms with Gasteiger partial charge in [-0.2, -0.15) is 0 Å². The number of benzene rings is 1. The molecule has 0 spiro atoms. The van der Waals surface area contributed by atoms with E-state index in [1.54, 1.807) is 0 Å². The molecule has 0 aliphatic rings. The molecule has 0 aromatic heterocycles. The van der Waals surface area contributed by atoms with E-state index in [2.05, 4.69) is 0 Å². The van der Waals surface area contributed by atoms with Crippen molar-refractivity contribution in [1.29, 1.82) is 0 Å². The number of hydrogen-bond donors (Lipinski definition) is 1. The second-order valence-corrected chi connectivity index (χ2v) is 3.56. The highest BCUT2D eigenvalue weighted by Crippen LogP contribution is 2.16. The number of carboxylic acid groups (broad SMARTS) is 1. The van der Waals surface area contributed by atoms with Crippen molar-refractivity contribution in [2.75, 3.05) is 20.6 Å². The van der Waals surface area contributed by atoms with Crippen LogP contribution in [0.4, 0.5) is 0 Å². The predicted molar refractivity (Wildman–Crippen MR) is 55.4 cm³/mol. The molecule has 1 aromatic carbocycles. The van der Waals surface area contributed by atoms with Crippen LogP contribution in [0.5, 0.6) is 0 Å². The summed E-state index contributed by atoms with van der Waals surface area (Å²) >= 11 is 0. The molecule has 1 N–H and O–H groups in total. The van der Waals surface area contributed by atoms with Crippen LogP contribution in [0.3, 0.4) is 0 Å². The van der Waals surface area contributed by atoms with Crippen LogP contribution in [0.25, 0.3) is 0 Å². The van der Waals surface area contributed by atoms with Crippen LogP contribution >= 0.6 is 0 Å². The summed E-state index contributed by atoms with van der Waals surface area (Å²) in [5.41, 5.74) is 0.855. The summed E-state index contributed by atoms with van der Waals surface area (Å²) in [5, 5.41) is 9.05. The second kappa shape index (κ2) is 4.77. The lowest BCUT2D eigenvalue weighted by atomic mass is 9.99. The molecule has 0 bridgehead atoms. The van der Waals surface area contributed by atoms with E-state index in [0.717, 1.165) is 5.56 Å². The van der Waals surface area contributed by atoms with E-state index in [1.165, 1.54) is 0 Å². The van der Waals surface area contributed by atoms with E-state index >= 15 is 0 Å². The van der Waals surface area contributed by atoms with E-state index in [0.29, 0.717) is 6.54 Å². The van der Waals surface area contributed by atoms with E-state index in [-0.39, 0.29) is 0 Å². The summed E-state index contributed by atoms with van der Waals surface area (Å²) in [6.07, 6.45) is 0. The molecule has 3 nitrogen and oxygen atoms in total. The Kier molecular flexibility index (Phi) is 3.65. The highest BCUT2D eigenvalue weighted by atomic mass is 16.4. The van der Waals surface area contributed by atoms with Crippen LogP contribution < -0.4 is 0 Å². The van der Waals surface area contributed by atoms with Gasteiger partial charge in [-0.3, -0.25) is 4.79 Å². The minimum absolute atomic E-state index is 0.439. The molecule has 0 amide bonds. The maximum atomic E-state index is 11.0. The fraction of sp³-hybridized carbons (Fsp3) is 0.364. The first-order chi connectivity index (χ1) is 6.61. The topological polar surface area (TPSA) is 40.5 Å². The molecule has 0 aliphatic heterocycles. The molecule has 3 heteroatoms. The van der Waals surface area contributed by atoms with Gasteiger partial charge in [0, 0.05) is 6.54 Å². The van der Waals surface area contributed by atoms with Crippen molar-refractivity contribution in [3.63, 3.8) is 0 Å². The summed E-state index contributed by atoms with van der Waals surface area (Å²) in [6.45, 7) is 0.527. The van der Waals surface area contributed by atoms with Crippen LogP contribution in [0.1, 0.15) is 11.5 Å². The highest BCUT2D eigenvalue weighted by Gasteiger charge is 2.19. The van der Waals surface area contributed by atoms with Gasteiger partial charge in [-0.1, -0.05) is 30.3 Å². The quantitative estimate of drug-likeness (QED) is 0.786. The average Bonchev–Trinajstić information content (AvgIpc) is 2.15. The number of rotatable bonds is 4. The van der Waals surface area contributed by atoms with E-state index in [9.17, 15) is 4.79 Å². The van der Waals surface area contributed by atoms with Gasteiger partial charge in [-0.25, -0.2) is 0 Å². The van der Waals surface area contributed by atoms with Crippen molar-refractivity contribution in [2.24, 2.45) is 0 Å². The standard InChI is InChI=1S/C11H15NO2/c1-12(2)8-10(11(13)14)9-6-4-3-5-7-9/h3-7,10H,8H2,1-2H3,(H,13,14)/t10-/m1/s1. The zero-order valence-corrected chi connectivity index (χ0v) is 8.47. The summed E-state index contributed by atoms with van der Waals surface area (Å²) < 4.78 is 0. The number of nitrogens with zero attached hydrogens (tertiary/aromatic N) is 1. The molecule has 1 atom stereocenters. The van der Waals surface area contributed by atoms with Gasteiger partial charge < -0.3 is 10.0 Å². The third-order valence-electron chi connectivity index (χ3n) is 2.05. The molecule has 1 aromatic rings. The van der Waals surface area contributed by atoms with Gasteiger partial charge in [0.05, 0.1) is 5.92 Å². The molecular weight excluding hydrogens is 178 g/mol. The predicted octanol–water partition coefficient (Wildman–Crippen LogP) is 1.42. The smallest absolute Gasteiger partial charge is 0.312 e. The van der Waals surface area contributed by atoms with E-state index in [4.69, 9.17) is 5.11 Å². The zero-order chi connectivity index (χ0) is 10.6. The molecule has 0 heterocycles. The molecule has 1 rings (SSSR count). The van der Waals surface area contributed by atoms with Crippen LogP contribution in [0, 0.1) is 0 Å². The number of aliphatic carboxylic acids is 1. The molecule has 0 unspecified atom stereocenters. The van der Waals surface area contributed by atoms with Crippen LogP contribution in [0.15, 0.2) is 30.3 Å². The normalized spacial score (nSPS) is 12.8. The van der Waals surface area contributed by atoms with Crippen molar-refractivity contribution in [3.8, 4) is 0 Å². The average molecular weight is 193 g/mol. The fourth-order valence-corrected chi connectivity index (χ4v) is 1.38. The second-order valence-electron chi connectivity index (χ2n) is 3.56. The number of carbonyl (C=O) groups is 1. The van der Waals surface area contributed by atoms with Crippen molar-refractivity contribution >= 4 is 5.97 Å². The Balaban J connectivity index is 2.84. The first-order valence-corrected chi connectivity index (χ1v) is 4.53. The minimum atomic E-state index is -0.773. The summed E-state index contributed by atoms with van der Waals surface area (Å²) in [4.78, 5) is 12.9. The number of hydrogen-bond acceptors (Lipinski definition) is 2. The highest BCUT2D eigenvalue weighted by molar-refractivity contribution is 5.76. The lowest BCUT2D eigenvalue weighted by molar-refractivity contribution is -0.139. The molecular formula is C11H15NO2. The molecule has 0 radical (unpaired) electrons. The Morgan fingerprint density at radius 1 is 1.36 bits per heavy atom. The molecule has 76 valence electrons. The molecule has 0 saturated carbocycles. The number of likely N-dealkylation sites (N-methyl/N-ethyl adjacent to an activating group) is 1. The monoisotopic (exact) mass is 193 g/mol. The molecule has 14 heavy (non-hydrogen) atoms. The Hall–Kier alpha value is -1.35. The maximum Gasteiger partial charge on any atom is 0.312 e. The van der Waals surface area contributed by atoms with Crippen LogP contribution in [0.2, 0.25) is 0 Å². The van der Waals surface area contributed by atoms with Crippen molar-refractivity contribution in [1.82, 2.24) is 4.90 Å². The summed E-state index contributed by atoms with van der Waals surface area (Å²) in [6, 6.07) is 9.31. The van der Waals surface area contributed by atoms with Gasteiger partial charge in [0.1, 0.15) is 0 Å². The van der Waals surface area contributed by atoms with E-state index < -0.39 is 11.9 Å². The number of carboxylic acids is 1. The Morgan fingerprint density at radius 2 is 1.93 bits per heavy atom. The van der Waals surface area contributed by atoms with Gasteiger partial charge in [-0.05, 0) is 19.7 Å². The molecule has 0 fully saturated rings. The van der Waals surface area contributed by atoms with E-state index in [1.807, 2.05) is 49.3 Å². The third-order valence-corrected chi connectivity index (χ3v) is 2.05. The largest absolute Gasteiger partial charge is 0.481 e. The molecule has 0 saturated heterocycles. The van der Waals surface area contributed by atoms with Crippen LogP contribution in [-0.2, 0) is 4.79 Å². The Bertz CT molecular complexity index is 295. The minimum Gasteiger partial charge on any atom is -0.481 e. The molecule has 0 aliphatic carbocycles. The van der Waals surface area contributed by atoms with Gasteiger partial charge in [0.2, 0.25) is 0 Å². The maximum absolute atomic E-state index is 11.0. The van der Waals surface area contributed by atoms with Crippen LogP contribution in [-0.4, -0.2) is 36.6 Å². The van der Waals surface area contributed by atoms with Gasteiger partial charge in [0.15, 0.2) is 0 Å². The van der Waals surface area contributed by atoms with Gasteiger partial charge in [0.25, 0.3) is 0 Å². The first kappa shape index (κ1) is 10.7.